The lowest BCUT2D eigenvalue weighted by molar-refractivity contribution is 0.0519. The number of rotatable bonds is 1. The molecule has 4 nitrogen and oxygen atoms in total. The van der Waals surface area contributed by atoms with Gasteiger partial charge in [0.25, 0.3) is 5.91 Å². The van der Waals surface area contributed by atoms with Crippen molar-refractivity contribution in [3.63, 3.8) is 0 Å². The number of amides is 1. The minimum absolute atomic E-state index is 0.106. The predicted octanol–water partition coefficient (Wildman–Crippen LogP) is 2.03. The van der Waals surface area contributed by atoms with Crippen molar-refractivity contribution in [1.82, 2.24) is 9.88 Å². The van der Waals surface area contributed by atoms with E-state index in [4.69, 9.17) is 0 Å². The van der Waals surface area contributed by atoms with Crippen molar-refractivity contribution in [3.8, 4) is 0 Å². The molecule has 1 saturated carbocycles. The van der Waals surface area contributed by atoms with Crippen LogP contribution < -0.4 is 5.43 Å². The van der Waals surface area contributed by atoms with Crippen LogP contribution in [0.4, 0.5) is 0 Å². The summed E-state index contributed by atoms with van der Waals surface area (Å²) < 4.78 is 0. The number of hydrogen-bond acceptors (Lipinski definition) is 2. The molecule has 1 saturated heterocycles. The average molecular weight is 260 g/mol. The molecule has 2 heterocycles. The van der Waals surface area contributed by atoms with Gasteiger partial charge in [-0.25, -0.2) is 0 Å². The van der Waals surface area contributed by atoms with E-state index in [1.165, 1.54) is 37.9 Å². The largest absolute Gasteiger partial charge is 0.367 e. The van der Waals surface area contributed by atoms with Crippen molar-refractivity contribution in [3.05, 3.63) is 34.2 Å². The summed E-state index contributed by atoms with van der Waals surface area (Å²) in [4.78, 5) is 28.8. The third-order valence-electron chi connectivity index (χ3n) is 4.63. The number of nitrogens with one attached hydrogen (secondary N) is 1. The number of aromatic nitrogens is 1. The Morgan fingerprint density at radius 3 is 2.79 bits per heavy atom. The zero-order valence-electron chi connectivity index (χ0n) is 11.1. The molecule has 1 aliphatic heterocycles. The molecule has 19 heavy (non-hydrogen) atoms. The smallest absolute Gasteiger partial charge is 0.259 e. The number of aromatic amines is 1. The molecular weight excluding hydrogens is 240 g/mol. The van der Waals surface area contributed by atoms with E-state index >= 15 is 0 Å². The summed E-state index contributed by atoms with van der Waals surface area (Å²) in [6.45, 7) is 1.63. The molecule has 2 aliphatic rings. The fraction of sp³-hybridized carbons (Fsp3) is 0.600. The van der Waals surface area contributed by atoms with E-state index in [0.717, 1.165) is 25.4 Å². The Balaban J connectivity index is 1.75. The Labute approximate surface area is 112 Å². The Morgan fingerprint density at radius 1 is 1.21 bits per heavy atom. The van der Waals surface area contributed by atoms with Gasteiger partial charge in [-0.05, 0) is 24.7 Å². The number of pyridine rings is 1. The van der Waals surface area contributed by atoms with Gasteiger partial charge in [0.15, 0.2) is 5.43 Å². The zero-order chi connectivity index (χ0) is 13.2. The number of likely N-dealkylation sites (tertiary alicyclic amines) is 1. The molecule has 2 atom stereocenters. The van der Waals surface area contributed by atoms with Crippen LogP contribution in [0.1, 0.15) is 42.5 Å². The summed E-state index contributed by atoms with van der Waals surface area (Å²) in [5.41, 5.74) is 0.0891. The van der Waals surface area contributed by atoms with Crippen molar-refractivity contribution < 1.29 is 4.79 Å². The molecule has 3 rings (SSSR count). The first-order chi connectivity index (χ1) is 9.25. The minimum atomic E-state index is -0.186. The summed E-state index contributed by atoms with van der Waals surface area (Å²) in [7, 11) is 0. The molecule has 1 aromatic heterocycles. The molecule has 1 aromatic rings. The van der Waals surface area contributed by atoms with E-state index in [-0.39, 0.29) is 16.9 Å². The molecule has 4 heteroatoms. The van der Waals surface area contributed by atoms with Gasteiger partial charge in [0.2, 0.25) is 0 Å². The van der Waals surface area contributed by atoms with Crippen molar-refractivity contribution in [2.75, 3.05) is 13.1 Å². The number of carbonyl (C=O) groups excluding carboxylic acids is 1. The standard InChI is InChI=1S/C15H20N2O2/c18-14-5-7-16-9-13(14)15(19)17-8-6-11-3-1-2-4-12(11)10-17/h5,7,9,11-12H,1-4,6,8,10H2,(H,16,18). The predicted molar refractivity (Wildman–Crippen MR) is 73.0 cm³/mol. The maximum atomic E-state index is 12.4. The molecule has 0 aromatic carbocycles. The fourth-order valence-electron chi connectivity index (χ4n) is 3.54. The highest BCUT2D eigenvalue weighted by Gasteiger charge is 2.33. The third kappa shape index (κ3) is 2.44. The van der Waals surface area contributed by atoms with Crippen molar-refractivity contribution >= 4 is 5.91 Å². The van der Waals surface area contributed by atoms with Crippen LogP contribution in [0, 0.1) is 11.8 Å². The second-order valence-electron chi connectivity index (χ2n) is 5.77. The summed E-state index contributed by atoms with van der Waals surface area (Å²) in [6, 6.07) is 1.42. The SMILES string of the molecule is O=C(c1c[nH]ccc1=O)N1CCC2CCCCC2C1. The number of hydrogen-bond donors (Lipinski definition) is 1. The minimum Gasteiger partial charge on any atom is -0.367 e. The van der Waals surface area contributed by atoms with Crippen LogP contribution in [0.2, 0.25) is 0 Å². The highest BCUT2D eigenvalue weighted by Crippen LogP contribution is 2.36. The first-order valence-electron chi connectivity index (χ1n) is 7.22. The Kier molecular flexibility index (Phi) is 3.40. The summed E-state index contributed by atoms with van der Waals surface area (Å²) >= 11 is 0. The van der Waals surface area contributed by atoms with Gasteiger partial charge >= 0.3 is 0 Å². The zero-order valence-corrected chi connectivity index (χ0v) is 11.1. The second-order valence-corrected chi connectivity index (χ2v) is 5.77. The summed E-state index contributed by atoms with van der Waals surface area (Å²) in [5.74, 6) is 1.34. The fourth-order valence-corrected chi connectivity index (χ4v) is 3.54. The van der Waals surface area contributed by atoms with Crippen LogP contribution in [0.25, 0.3) is 0 Å². The Bertz CT molecular complexity index is 523. The second kappa shape index (κ2) is 5.19. The van der Waals surface area contributed by atoms with Crippen molar-refractivity contribution in [1.29, 1.82) is 0 Å². The number of carbonyl (C=O) groups is 1. The van der Waals surface area contributed by atoms with E-state index in [1.807, 2.05) is 4.90 Å². The van der Waals surface area contributed by atoms with Gasteiger partial charge in [0, 0.05) is 31.5 Å². The van der Waals surface area contributed by atoms with E-state index < -0.39 is 0 Å². The van der Waals surface area contributed by atoms with Gasteiger partial charge < -0.3 is 9.88 Å². The lowest BCUT2D eigenvalue weighted by Gasteiger charge is -2.41. The van der Waals surface area contributed by atoms with Gasteiger partial charge in [0.05, 0.1) is 0 Å². The molecule has 2 fully saturated rings. The molecule has 1 aliphatic carbocycles. The Morgan fingerprint density at radius 2 is 2.00 bits per heavy atom. The Hall–Kier alpha value is -1.58. The molecule has 2 unspecified atom stereocenters. The highest BCUT2D eigenvalue weighted by molar-refractivity contribution is 5.93. The van der Waals surface area contributed by atoms with Gasteiger partial charge in [-0.15, -0.1) is 0 Å². The molecular formula is C15H20N2O2. The molecule has 1 amide bonds. The summed E-state index contributed by atoms with van der Waals surface area (Å²) in [5, 5.41) is 0. The van der Waals surface area contributed by atoms with Crippen molar-refractivity contribution in [2.45, 2.75) is 32.1 Å². The van der Waals surface area contributed by atoms with Crippen LogP contribution in [0.3, 0.4) is 0 Å². The summed E-state index contributed by atoms with van der Waals surface area (Å²) in [6.07, 6.45) is 9.37. The third-order valence-corrected chi connectivity index (χ3v) is 4.63. The van der Waals surface area contributed by atoms with E-state index in [0.29, 0.717) is 5.92 Å². The number of piperidine rings is 1. The molecule has 1 N–H and O–H groups in total. The quantitative estimate of drug-likeness (QED) is 0.840. The van der Waals surface area contributed by atoms with Crippen LogP contribution in [-0.2, 0) is 0 Å². The molecule has 0 spiro atoms. The lowest BCUT2D eigenvalue weighted by atomic mass is 9.75. The van der Waals surface area contributed by atoms with Gasteiger partial charge in [-0.2, -0.15) is 0 Å². The van der Waals surface area contributed by atoms with Gasteiger partial charge in [-0.1, -0.05) is 19.3 Å². The number of nitrogens with zero attached hydrogens (tertiary/aromatic N) is 1. The molecule has 0 bridgehead atoms. The van der Waals surface area contributed by atoms with Gasteiger partial charge in [-0.3, -0.25) is 9.59 Å². The van der Waals surface area contributed by atoms with Crippen LogP contribution >= 0.6 is 0 Å². The van der Waals surface area contributed by atoms with Crippen molar-refractivity contribution in [2.24, 2.45) is 11.8 Å². The van der Waals surface area contributed by atoms with E-state index in [1.54, 1.807) is 6.20 Å². The maximum Gasteiger partial charge on any atom is 0.259 e. The van der Waals surface area contributed by atoms with Gasteiger partial charge in [0.1, 0.15) is 5.56 Å². The molecule has 102 valence electrons. The highest BCUT2D eigenvalue weighted by atomic mass is 16.2. The van der Waals surface area contributed by atoms with Crippen LogP contribution in [-0.4, -0.2) is 28.9 Å². The monoisotopic (exact) mass is 260 g/mol. The average Bonchev–Trinajstić information content (AvgIpc) is 2.46. The first-order valence-corrected chi connectivity index (χ1v) is 7.22. The first kappa shape index (κ1) is 12.5. The number of fused-ring (bicyclic) bond motifs is 1. The van der Waals surface area contributed by atoms with Crippen LogP contribution in [0.5, 0.6) is 0 Å². The topological polar surface area (TPSA) is 53.2 Å². The maximum absolute atomic E-state index is 12.4. The number of H-pyrrole nitrogens is 1. The van der Waals surface area contributed by atoms with E-state index in [9.17, 15) is 9.59 Å². The normalized spacial score (nSPS) is 26.8. The van der Waals surface area contributed by atoms with Crippen LogP contribution in [0.15, 0.2) is 23.3 Å². The molecule has 0 radical (unpaired) electrons. The lowest BCUT2D eigenvalue weighted by Crippen LogP contribution is -2.45. The van der Waals surface area contributed by atoms with E-state index in [2.05, 4.69) is 4.98 Å².